The van der Waals surface area contributed by atoms with Gasteiger partial charge in [-0.3, -0.25) is 4.79 Å². The molecule has 1 atom stereocenters. The molecule has 7 heteroatoms. The molecule has 1 amide bonds. The molecule has 1 saturated carbocycles. The highest BCUT2D eigenvalue weighted by Crippen LogP contribution is 2.40. The molecule has 6 nitrogen and oxygen atoms in total. The van der Waals surface area contributed by atoms with Crippen molar-refractivity contribution in [2.24, 2.45) is 0 Å². The van der Waals surface area contributed by atoms with Crippen LogP contribution in [0.5, 0.6) is 5.75 Å². The average Bonchev–Trinajstić information content (AvgIpc) is 3.36. The van der Waals surface area contributed by atoms with Gasteiger partial charge in [0.25, 0.3) is 5.91 Å². The lowest BCUT2D eigenvalue weighted by molar-refractivity contribution is 0.0681. The first-order valence-corrected chi connectivity index (χ1v) is 11.8. The van der Waals surface area contributed by atoms with Crippen LogP contribution in [-0.2, 0) is 4.74 Å². The highest BCUT2D eigenvalue weighted by atomic mass is 32.1. The number of carbonyl (C=O) groups is 1. The van der Waals surface area contributed by atoms with Crippen LogP contribution in [-0.4, -0.2) is 35.2 Å². The molecule has 1 aromatic carbocycles. The fourth-order valence-corrected chi connectivity index (χ4v) is 5.22. The number of anilines is 1. The van der Waals surface area contributed by atoms with Crippen molar-refractivity contribution < 1.29 is 14.3 Å². The second-order valence-corrected chi connectivity index (χ2v) is 9.58. The standard InChI is InChI=1S/C24H27N3O3S/c1-13-6-9-18(19(11-13)30-12-17-5-4-10-29-17)26-23(28)21-14(2)20-15(3)25-22(16-7-8-16)27-24(20)31-21/h6,9,11,16-17H,4-5,7-8,10,12H2,1-3H3,(H,26,28). The van der Waals surface area contributed by atoms with Gasteiger partial charge in [-0.1, -0.05) is 6.07 Å². The lowest BCUT2D eigenvalue weighted by atomic mass is 10.1. The smallest absolute Gasteiger partial charge is 0.266 e. The van der Waals surface area contributed by atoms with E-state index in [0.29, 0.717) is 28.8 Å². The summed E-state index contributed by atoms with van der Waals surface area (Å²) in [5, 5.41) is 4.06. The lowest BCUT2D eigenvalue weighted by Crippen LogP contribution is -2.18. The monoisotopic (exact) mass is 437 g/mol. The van der Waals surface area contributed by atoms with Gasteiger partial charge in [0.2, 0.25) is 0 Å². The van der Waals surface area contributed by atoms with Crippen LogP contribution in [0.4, 0.5) is 5.69 Å². The highest BCUT2D eigenvalue weighted by molar-refractivity contribution is 7.20. The van der Waals surface area contributed by atoms with E-state index in [4.69, 9.17) is 19.4 Å². The number of ether oxygens (including phenoxy) is 2. The van der Waals surface area contributed by atoms with E-state index < -0.39 is 0 Å². The van der Waals surface area contributed by atoms with Gasteiger partial charge in [-0.25, -0.2) is 9.97 Å². The largest absolute Gasteiger partial charge is 0.489 e. The van der Waals surface area contributed by atoms with Crippen LogP contribution in [0, 0.1) is 20.8 Å². The van der Waals surface area contributed by atoms with Crippen molar-refractivity contribution in [3.05, 3.63) is 45.7 Å². The Morgan fingerprint density at radius 1 is 1.23 bits per heavy atom. The van der Waals surface area contributed by atoms with Gasteiger partial charge in [0.1, 0.15) is 23.0 Å². The summed E-state index contributed by atoms with van der Waals surface area (Å²) < 4.78 is 11.7. The lowest BCUT2D eigenvalue weighted by Gasteiger charge is -2.16. The molecule has 162 valence electrons. The summed E-state index contributed by atoms with van der Waals surface area (Å²) in [6.07, 6.45) is 4.52. The fourth-order valence-electron chi connectivity index (χ4n) is 4.09. The Labute approximate surface area is 186 Å². The van der Waals surface area contributed by atoms with E-state index in [1.807, 2.05) is 39.0 Å². The van der Waals surface area contributed by atoms with Crippen molar-refractivity contribution in [1.29, 1.82) is 0 Å². The third-order valence-corrected chi connectivity index (χ3v) is 7.16. The molecule has 1 saturated heterocycles. The Hall–Kier alpha value is -2.51. The summed E-state index contributed by atoms with van der Waals surface area (Å²) >= 11 is 1.44. The van der Waals surface area contributed by atoms with E-state index in [1.165, 1.54) is 11.3 Å². The number of nitrogens with zero attached hydrogens (tertiary/aromatic N) is 2. The first kappa shape index (κ1) is 20.4. The van der Waals surface area contributed by atoms with Gasteiger partial charge in [-0.15, -0.1) is 11.3 Å². The molecule has 31 heavy (non-hydrogen) atoms. The van der Waals surface area contributed by atoms with Crippen molar-refractivity contribution >= 4 is 33.1 Å². The normalized spacial score (nSPS) is 18.5. The van der Waals surface area contributed by atoms with Crippen LogP contribution in [0.3, 0.4) is 0 Å². The molecule has 0 bridgehead atoms. The number of fused-ring (bicyclic) bond motifs is 1. The Morgan fingerprint density at radius 2 is 2.06 bits per heavy atom. The van der Waals surface area contributed by atoms with Crippen LogP contribution in [0.25, 0.3) is 10.2 Å². The van der Waals surface area contributed by atoms with Gasteiger partial charge >= 0.3 is 0 Å². The van der Waals surface area contributed by atoms with Crippen LogP contribution < -0.4 is 10.1 Å². The maximum Gasteiger partial charge on any atom is 0.266 e. The van der Waals surface area contributed by atoms with E-state index in [1.54, 1.807) is 0 Å². The van der Waals surface area contributed by atoms with Crippen LogP contribution >= 0.6 is 11.3 Å². The number of rotatable bonds is 6. The van der Waals surface area contributed by atoms with Gasteiger partial charge < -0.3 is 14.8 Å². The third-order valence-electron chi connectivity index (χ3n) is 5.97. The molecule has 0 radical (unpaired) electrons. The number of hydrogen-bond donors (Lipinski definition) is 1. The Bertz CT molecular complexity index is 1150. The number of thiophene rings is 1. The van der Waals surface area contributed by atoms with Crippen LogP contribution in [0.1, 0.15) is 63.9 Å². The zero-order valence-corrected chi connectivity index (χ0v) is 19.0. The number of nitrogens with one attached hydrogen (secondary N) is 1. The Kier molecular flexibility index (Phi) is 5.40. The van der Waals surface area contributed by atoms with E-state index in [9.17, 15) is 4.79 Å². The van der Waals surface area contributed by atoms with Crippen molar-refractivity contribution in [2.45, 2.75) is 58.5 Å². The molecule has 2 fully saturated rings. The molecule has 0 spiro atoms. The minimum Gasteiger partial charge on any atom is -0.489 e. The Morgan fingerprint density at radius 3 is 2.81 bits per heavy atom. The SMILES string of the molecule is Cc1ccc(NC(=O)c2sc3nc(C4CC4)nc(C)c3c2C)c(OCC2CCCO2)c1. The first-order chi connectivity index (χ1) is 15.0. The average molecular weight is 438 g/mol. The topological polar surface area (TPSA) is 73.3 Å². The van der Waals surface area contributed by atoms with E-state index in [-0.39, 0.29) is 12.0 Å². The second-order valence-electron chi connectivity index (χ2n) is 8.58. The molecule has 1 aliphatic carbocycles. The zero-order valence-electron chi connectivity index (χ0n) is 18.2. The molecule has 2 aliphatic rings. The maximum atomic E-state index is 13.2. The number of carbonyl (C=O) groups excluding carboxylic acids is 1. The third kappa shape index (κ3) is 4.16. The minimum atomic E-state index is -0.140. The summed E-state index contributed by atoms with van der Waals surface area (Å²) in [6.45, 7) is 7.28. The van der Waals surface area contributed by atoms with Crippen LogP contribution in [0.15, 0.2) is 18.2 Å². The van der Waals surface area contributed by atoms with Gasteiger partial charge in [0.05, 0.1) is 22.4 Å². The predicted molar refractivity (Wildman–Crippen MR) is 122 cm³/mol. The number of amides is 1. The Balaban J connectivity index is 1.40. The van der Waals surface area contributed by atoms with Gasteiger partial charge in [0.15, 0.2) is 0 Å². The molecule has 3 aromatic rings. The second kappa shape index (κ2) is 8.20. The van der Waals surface area contributed by atoms with Crippen LogP contribution in [0.2, 0.25) is 0 Å². The van der Waals surface area contributed by atoms with Crippen molar-refractivity contribution in [3.8, 4) is 5.75 Å². The van der Waals surface area contributed by atoms with E-state index in [2.05, 4.69) is 5.32 Å². The first-order valence-electron chi connectivity index (χ1n) is 10.9. The number of aryl methyl sites for hydroxylation is 3. The number of benzene rings is 1. The van der Waals surface area contributed by atoms with Gasteiger partial charge in [0, 0.05) is 17.9 Å². The van der Waals surface area contributed by atoms with Gasteiger partial charge in [-0.05, 0) is 69.7 Å². The summed E-state index contributed by atoms with van der Waals surface area (Å²) in [4.78, 5) is 24.2. The van der Waals surface area contributed by atoms with E-state index in [0.717, 1.165) is 65.2 Å². The minimum absolute atomic E-state index is 0.121. The number of hydrogen-bond acceptors (Lipinski definition) is 6. The maximum absolute atomic E-state index is 13.2. The van der Waals surface area contributed by atoms with Gasteiger partial charge in [-0.2, -0.15) is 0 Å². The quantitative estimate of drug-likeness (QED) is 0.566. The zero-order chi connectivity index (χ0) is 21.5. The predicted octanol–water partition coefficient (Wildman–Crippen LogP) is 5.30. The molecule has 2 aromatic heterocycles. The molecular weight excluding hydrogens is 410 g/mol. The van der Waals surface area contributed by atoms with Crippen molar-refractivity contribution in [3.63, 3.8) is 0 Å². The highest BCUT2D eigenvalue weighted by Gasteiger charge is 2.28. The van der Waals surface area contributed by atoms with Crippen molar-refractivity contribution in [1.82, 2.24) is 9.97 Å². The molecule has 1 unspecified atom stereocenters. The summed E-state index contributed by atoms with van der Waals surface area (Å²) in [6, 6.07) is 5.83. The summed E-state index contributed by atoms with van der Waals surface area (Å²) in [5.41, 5.74) is 3.64. The number of aromatic nitrogens is 2. The molecule has 1 aliphatic heterocycles. The summed E-state index contributed by atoms with van der Waals surface area (Å²) in [5.74, 6) is 1.94. The van der Waals surface area contributed by atoms with E-state index >= 15 is 0 Å². The van der Waals surface area contributed by atoms with Crippen molar-refractivity contribution in [2.75, 3.05) is 18.5 Å². The molecular formula is C24H27N3O3S. The fraction of sp³-hybridized carbons (Fsp3) is 0.458. The molecule has 3 heterocycles. The summed E-state index contributed by atoms with van der Waals surface area (Å²) in [7, 11) is 0. The molecule has 5 rings (SSSR count). The molecule has 1 N–H and O–H groups in total.